The van der Waals surface area contributed by atoms with Gasteiger partial charge in [-0.1, -0.05) is 6.92 Å². The minimum absolute atomic E-state index is 0.180. The number of carbonyl (C=O) groups is 1. The van der Waals surface area contributed by atoms with Crippen LogP contribution in [0.15, 0.2) is 42.6 Å². The van der Waals surface area contributed by atoms with Crippen LogP contribution in [0, 0.1) is 0 Å². The molecule has 2 heterocycles. The summed E-state index contributed by atoms with van der Waals surface area (Å²) in [6.45, 7) is 4.47. The molecule has 6 heteroatoms. The minimum atomic E-state index is -0.180. The number of ether oxygens (including phenoxy) is 1. The second-order valence-electron chi connectivity index (χ2n) is 6.16. The smallest absolute Gasteiger partial charge is 0.274 e. The van der Waals surface area contributed by atoms with E-state index in [9.17, 15) is 4.79 Å². The SMILES string of the molecule is CCOc1cccn2c(C(=O)Nc3ccc(N(C)C)cc3)c(CC)nc12. The molecule has 0 aliphatic carbocycles. The maximum absolute atomic E-state index is 12.9. The second-order valence-corrected chi connectivity index (χ2v) is 6.16. The van der Waals surface area contributed by atoms with Crippen LogP contribution < -0.4 is 15.0 Å². The van der Waals surface area contributed by atoms with Crippen molar-refractivity contribution in [2.75, 3.05) is 30.9 Å². The molecule has 1 amide bonds. The number of nitrogens with one attached hydrogen (secondary N) is 1. The summed E-state index contributed by atoms with van der Waals surface area (Å²) in [5.41, 5.74) is 3.78. The Labute approximate surface area is 153 Å². The van der Waals surface area contributed by atoms with Crippen molar-refractivity contribution in [3.63, 3.8) is 0 Å². The van der Waals surface area contributed by atoms with E-state index in [-0.39, 0.29) is 5.91 Å². The molecule has 0 bridgehead atoms. The van der Waals surface area contributed by atoms with Gasteiger partial charge in [-0.2, -0.15) is 0 Å². The molecule has 136 valence electrons. The lowest BCUT2D eigenvalue weighted by Crippen LogP contribution is -2.16. The molecule has 0 unspecified atom stereocenters. The van der Waals surface area contributed by atoms with Gasteiger partial charge in [0.15, 0.2) is 11.4 Å². The molecular formula is C20H24N4O2. The predicted molar refractivity (Wildman–Crippen MR) is 104 cm³/mol. The molecule has 0 saturated heterocycles. The molecule has 0 spiro atoms. The molecule has 1 N–H and O–H groups in total. The van der Waals surface area contributed by atoms with Crippen LogP contribution >= 0.6 is 0 Å². The molecule has 26 heavy (non-hydrogen) atoms. The van der Waals surface area contributed by atoms with E-state index in [1.807, 2.05) is 75.4 Å². The van der Waals surface area contributed by atoms with E-state index in [2.05, 4.69) is 10.3 Å². The number of amides is 1. The van der Waals surface area contributed by atoms with Gasteiger partial charge in [0.2, 0.25) is 0 Å². The largest absolute Gasteiger partial charge is 0.490 e. The van der Waals surface area contributed by atoms with Crippen molar-refractivity contribution < 1.29 is 9.53 Å². The predicted octanol–water partition coefficient (Wildman–Crippen LogP) is 3.61. The average molecular weight is 352 g/mol. The van der Waals surface area contributed by atoms with Crippen LogP contribution in [0.1, 0.15) is 30.0 Å². The summed E-state index contributed by atoms with van der Waals surface area (Å²) in [4.78, 5) is 19.6. The van der Waals surface area contributed by atoms with Crippen molar-refractivity contribution in [2.45, 2.75) is 20.3 Å². The second kappa shape index (κ2) is 7.47. The topological polar surface area (TPSA) is 58.9 Å². The molecule has 0 atom stereocenters. The van der Waals surface area contributed by atoms with Crippen LogP contribution in [-0.2, 0) is 6.42 Å². The highest BCUT2D eigenvalue weighted by atomic mass is 16.5. The number of rotatable bonds is 6. The monoisotopic (exact) mass is 352 g/mol. The number of anilines is 2. The minimum Gasteiger partial charge on any atom is -0.490 e. The Morgan fingerprint density at radius 3 is 2.54 bits per heavy atom. The third-order valence-electron chi connectivity index (χ3n) is 4.18. The Balaban J connectivity index is 1.95. The first kappa shape index (κ1) is 17.8. The number of nitrogens with zero attached hydrogens (tertiary/aromatic N) is 3. The first-order chi connectivity index (χ1) is 12.5. The highest BCUT2D eigenvalue weighted by Gasteiger charge is 2.20. The molecule has 6 nitrogen and oxygen atoms in total. The maximum Gasteiger partial charge on any atom is 0.274 e. The van der Waals surface area contributed by atoms with Gasteiger partial charge in [-0.25, -0.2) is 4.98 Å². The number of fused-ring (bicyclic) bond motifs is 1. The number of imidazole rings is 1. The van der Waals surface area contributed by atoms with E-state index < -0.39 is 0 Å². The fraction of sp³-hybridized carbons (Fsp3) is 0.300. The molecule has 0 aliphatic heterocycles. The standard InChI is InChI=1S/C20H24N4O2/c1-5-16-18(24-13-7-8-17(26-6-2)19(24)22-16)20(25)21-14-9-11-15(12-10-14)23(3)4/h7-13H,5-6H2,1-4H3,(H,21,25). The number of pyridine rings is 1. The number of aromatic nitrogens is 2. The van der Waals surface area contributed by atoms with Crippen molar-refractivity contribution in [1.29, 1.82) is 0 Å². The normalized spacial score (nSPS) is 10.8. The Morgan fingerprint density at radius 2 is 1.92 bits per heavy atom. The van der Waals surface area contributed by atoms with Gasteiger partial charge in [0.1, 0.15) is 5.69 Å². The molecule has 0 fully saturated rings. The lowest BCUT2D eigenvalue weighted by molar-refractivity contribution is 0.102. The summed E-state index contributed by atoms with van der Waals surface area (Å²) in [6.07, 6.45) is 2.50. The van der Waals surface area contributed by atoms with Crippen molar-refractivity contribution in [1.82, 2.24) is 9.38 Å². The van der Waals surface area contributed by atoms with Gasteiger partial charge in [0, 0.05) is 31.7 Å². The zero-order valence-electron chi connectivity index (χ0n) is 15.6. The van der Waals surface area contributed by atoms with Crippen LogP contribution in [0.3, 0.4) is 0 Å². The lowest BCUT2D eigenvalue weighted by Gasteiger charge is -2.13. The lowest BCUT2D eigenvalue weighted by atomic mass is 10.2. The molecule has 0 radical (unpaired) electrons. The fourth-order valence-electron chi connectivity index (χ4n) is 2.88. The van der Waals surface area contributed by atoms with Crippen LogP contribution in [0.25, 0.3) is 5.65 Å². The quantitative estimate of drug-likeness (QED) is 0.736. The summed E-state index contributed by atoms with van der Waals surface area (Å²) >= 11 is 0. The van der Waals surface area contributed by atoms with Crippen LogP contribution in [-0.4, -0.2) is 36.0 Å². The van der Waals surface area contributed by atoms with Gasteiger partial charge < -0.3 is 15.0 Å². The highest BCUT2D eigenvalue weighted by molar-refractivity contribution is 6.04. The Morgan fingerprint density at radius 1 is 1.19 bits per heavy atom. The van der Waals surface area contributed by atoms with E-state index in [0.717, 1.165) is 17.1 Å². The van der Waals surface area contributed by atoms with Crippen molar-refractivity contribution in [3.05, 3.63) is 54.0 Å². The summed E-state index contributed by atoms with van der Waals surface area (Å²) in [5.74, 6) is 0.500. The van der Waals surface area contributed by atoms with E-state index in [1.54, 1.807) is 4.40 Å². The van der Waals surface area contributed by atoms with Gasteiger partial charge in [-0.15, -0.1) is 0 Å². The van der Waals surface area contributed by atoms with Gasteiger partial charge >= 0.3 is 0 Å². The van der Waals surface area contributed by atoms with E-state index in [4.69, 9.17) is 4.74 Å². The van der Waals surface area contributed by atoms with E-state index in [1.165, 1.54) is 0 Å². The van der Waals surface area contributed by atoms with E-state index >= 15 is 0 Å². The zero-order chi connectivity index (χ0) is 18.7. The van der Waals surface area contributed by atoms with Crippen LogP contribution in [0.4, 0.5) is 11.4 Å². The molecule has 2 aromatic heterocycles. The number of carbonyl (C=O) groups excluding carboxylic acids is 1. The first-order valence-electron chi connectivity index (χ1n) is 8.76. The third kappa shape index (κ3) is 3.35. The fourth-order valence-corrected chi connectivity index (χ4v) is 2.88. The zero-order valence-corrected chi connectivity index (χ0v) is 15.6. The van der Waals surface area contributed by atoms with Crippen molar-refractivity contribution in [2.24, 2.45) is 0 Å². The van der Waals surface area contributed by atoms with E-state index in [0.29, 0.717) is 30.1 Å². The average Bonchev–Trinajstić information content (AvgIpc) is 3.02. The Hall–Kier alpha value is -3.02. The Kier molecular flexibility index (Phi) is 5.11. The molecule has 3 rings (SSSR count). The number of hydrogen-bond donors (Lipinski definition) is 1. The van der Waals surface area contributed by atoms with Gasteiger partial charge in [0.25, 0.3) is 5.91 Å². The van der Waals surface area contributed by atoms with Crippen molar-refractivity contribution in [3.8, 4) is 5.75 Å². The van der Waals surface area contributed by atoms with Crippen LogP contribution in [0.2, 0.25) is 0 Å². The Bertz CT molecular complexity index is 913. The molecular weight excluding hydrogens is 328 g/mol. The van der Waals surface area contributed by atoms with Crippen LogP contribution in [0.5, 0.6) is 5.75 Å². The number of aryl methyl sites for hydroxylation is 1. The maximum atomic E-state index is 12.9. The van der Waals surface area contributed by atoms with Gasteiger partial charge in [-0.05, 0) is 49.7 Å². The number of hydrogen-bond acceptors (Lipinski definition) is 4. The summed E-state index contributed by atoms with van der Waals surface area (Å²) in [7, 11) is 3.96. The molecule has 0 saturated carbocycles. The highest BCUT2D eigenvalue weighted by Crippen LogP contribution is 2.24. The summed E-state index contributed by atoms with van der Waals surface area (Å²) < 4.78 is 7.44. The summed E-state index contributed by atoms with van der Waals surface area (Å²) in [6, 6.07) is 11.5. The number of benzene rings is 1. The summed E-state index contributed by atoms with van der Waals surface area (Å²) in [5, 5.41) is 2.97. The molecule has 1 aromatic carbocycles. The molecule has 0 aliphatic rings. The van der Waals surface area contributed by atoms with Gasteiger partial charge in [0.05, 0.1) is 12.3 Å². The van der Waals surface area contributed by atoms with Crippen molar-refractivity contribution >= 4 is 22.9 Å². The van der Waals surface area contributed by atoms with Gasteiger partial charge in [-0.3, -0.25) is 9.20 Å². The first-order valence-corrected chi connectivity index (χ1v) is 8.76. The molecule has 3 aromatic rings. The third-order valence-corrected chi connectivity index (χ3v) is 4.18.